The van der Waals surface area contributed by atoms with Crippen LogP contribution in [0.2, 0.25) is 0 Å². The molecule has 0 bridgehead atoms. The summed E-state index contributed by atoms with van der Waals surface area (Å²) in [5.74, 6) is 1.92. The summed E-state index contributed by atoms with van der Waals surface area (Å²) in [7, 11) is 3.10. The first-order valence-corrected chi connectivity index (χ1v) is 9.83. The molecule has 7 nitrogen and oxygen atoms in total. The van der Waals surface area contributed by atoms with Crippen LogP contribution in [0.3, 0.4) is 0 Å². The number of Topliss-reactive ketones (excluding diaryl/α,β-unsaturated/α-hetero) is 1. The second-order valence-corrected chi connectivity index (χ2v) is 8.07. The van der Waals surface area contributed by atoms with Crippen molar-refractivity contribution < 1.29 is 18.7 Å². The summed E-state index contributed by atoms with van der Waals surface area (Å²) in [6.07, 6.45) is 1.62. The topological polar surface area (TPSA) is 86.5 Å². The Morgan fingerprint density at radius 3 is 2.78 bits per heavy atom. The van der Waals surface area contributed by atoms with Gasteiger partial charge in [-0.05, 0) is 37.3 Å². The van der Waals surface area contributed by atoms with Gasteiger partial charge in [0, 0.05) is 5.56 Å². The largest absolute Gasteiger partial charge is 0.493 e. The quantitative estimate of drug-likeness (QED) is 0.420. The summed E-state index contributed by atoms with van der Waals surface area (Å²) in [4.78, 5) is 12.7. The van der Waals surface area contributed by atoms with E-state index in [1.807, 2.05) is 19.1 Å². The molecule has 3 aromatic rings. The maximum Gasteiger partial charge on any atom is 0.206 e. The number of benzene rings is 1. The van der Waals surface area contributed by atoms with Crippen molar-refractivity contribution in [3.63, 3.8) is 0 Å². The molecular formula is C18H19N3O4S2. The normalized spacial score (nSPS) is 11.8. The van der Waals surface area contributed by atoms with Crippen molar-refractivity contribution in [2.24, 2.45) is 0 Å². The molecule has 0 saturated heterocycles. The van der Waals surface area contributed by atoms with E-state index in [2.05, 4.69) is 15.5 Å². The number of methoxy groups -OCH3 is 2. The van der Waals surface area contributed by atoms with E-state index in [0.29, 0.717) is 28.7 Å². The summed E-state index contributed by atoms with van der Waals surface area (Å²) >= 11 is 2.77. The van der Waals surface area contributed by atoms with Crippen LogP contribution < -0.4 is 14.8 Å². The van der Waals surface area contributed by atoms with Gasteiger partial charge in [0.1, 0.15) is 5.76 Å². The van der Waals surface area contributed by atoms with Gasteiger partial charge in [-0.25, -0.2) is 0 Å². The summed E-state index contributed by atoms with van der Waals surface area (Å²) in [6.45, 7) is 2.38. The van der Waals surface area contributed by atoms with Gasteiger partial charge in [0.15, 0.2) is 21.6 Å². The van der Waals surface area contributed by atoms with Gasteiger partial charge in [0.25, 0.3) is 0 Å². The zero-order chi connectivity index (χ0) is 19.2. The van der Waals surface area contributed by atoms with E-state index < -0.39 is 0 Å². The summed E-state index contributed by atoms with van der Waals surface area (Å²) in [5, 5.41) is 11.8. The first-order valence-electron chi connectivity index (χ1n) is 8.13. The highest BCUT2D eigenvalue weighted by atomic mass is 32.2. The lowest BCUT2D eigenvalue weighted by molar-refractivity contribution is 0.0993. The van der Waals surface area contributed by atoms with Gasteiger partial charge in [0.05, 0.1) is 32.3 Å². The lowest BCUT2D eigenvalue weighted by Gasteiger charge is -2.11. The number of nitrogens with zero attached hydrogens (tertiary/aromatic N) is 2. The van der Waals surface area contributed by atoms with Crippen LogP contribution in [0.1, 0.15) is 23.0 Å². The van der Waals surface area contributed by atoms with Crippen LogP contribution in [-0.4, -0.2) is 35.5 Å². The molecule has 0 aliphatic carbocycles. The molecule has 142 valence electrons. The minimum atomic E-state index is -0.311. The fraction of sp³-hybridized carbons (Fsp3) is 0.278. The molecule has 0 spiro atoms. The molecule has 2 heterocycles. The smallest absolute Gasteiger partial charge is 0.206 e. The van der Waals surface area contributed by atoms with Crippen molar-refractivity contribution in [2.75, 3.05) is 19.5 Å². The van der Waals surface area contributed by atoms with E-state index in [1.165, 1.54) is 23.1 Å². The van der Waals surface area contributed by atoms with Crippen molar-refractivity contribution in [2.45, 2.75) is 23.1 Å². The molecule has 1 atom stereocenters. The molecule has 27 heavy (non-hydrogen) atoms. The van der Waals surface area contributed by atoms with Crippen molar-refractivity contribution in [3.8, 4) is 11.5 Å². The van der Waals surface area contributed by atoms with E-state index >= 15 is 0 Å². The molecule has 9 heteroatoms. The molecule has 1 aromatic carbocycles. The van der Waals surface area contributed by atoms with E-state index in [0.717, 1.165) is 10.1 Å². The maximum atomic E-state index is 12.7. The van der Waals surface area contributed by atoms with Crippen molar-refractivity contribution in [1.82, 2.24) is 10.2 Å². The molecule has 0 aliphatic heterocycles. The van der Waals surface area contributed by atoms with Gasteiger partial charge in [-0.15, -0.1) is 10.2 Å². The standard InChI is InChI=1S/C18H19N3O4S2/c1-11(16(22)12-6-7-14(23-2)15(9-12)24-3)26-18-21-20-17(27-18)19-10-13-5-4-8-25-13/h4-9,11H,10H2,1-3H3,(H,19,20). The van der Waals surface area contributed by atoms with Gasteiger partial charge >= 0.3 is 0 Å². The van der Waals surface area contributed by atoms with Crippen LogP contribution in [0.5, 0.6) is 11.5 Å². The molecule has 0 fully saturated rings. The number of thioether (sulfide) groups is 1. The Morgan fingerprint density at radius 1 is 1.26 bits per heavy atom. The third kappa shape index (κ3) is 4.81. The van der Waals surface area contributed by atoms with Crippen LogP contribution in [0.25, 0.3) is 0 Å². The Morgan fingerprint density at radius 2 is 2.07 bits per heavy atom. The highest BCUT2D eigenvalue weighted by molar-refractivity contribution is 8.02. The third-order valence-electron chi connectivity index (χ3n) is 3.72. The number of carbonyl (C=O) groups excluding carboxylic acids is 1. The van der Waals surface area contributed by atoms with Crippen LogP contribution in [0.15, 0.2) is 45.4 Å². The number of nitrogens with one attached hydrogen (secondary N) is 1. The van der Waals surface area contributed by atoms with E-state index in [-0.39, 0.29) is 11.0 Å². The summed E-state index contributed by atoms with van der Waals surface area (Å²) in [5.41, 5.74) is 0.563. The minimum Gasteiger partial charge on any atom is -0.493 e. The van der Waals surface area contributed by atoms with Crippen LogP contribution in [-0.2, 0) is 6.54 Å². The number of furan rings is 1. The molecule has 1 N–H and O–H groups in total. The SMILES string of the molecule is COc1ccc(C(=O)C(C)Sc2nnc(NCc3ccco3)s2)cc1OC. The zero-order valence-electron chi connectivity index (χ0n) is 15.1. The Balaban J connectivity index is 1.61. The monoisotopic (exact) mass is 405 g/mol. The Labute approximate surface area is 165 Å². The average molecular weight is 406 g/mol. The Bertz CT molecular complexity index is 896. The van der Waals surface area contributed by atoms with Crippen LogP contribution in [0, 0.1) is 0 Å². The molecule has 0 radical (unpaired) electrons. The number of anilines is 1. The van der Waals surface area contributed by atoms with Crippen LogP contribution >= 0.6 is 23.1 Å². The average Bonchev–Trinajstić information content (AvgIpc) is 3.37. The van der Waals surface area contributed by atoms with Gasteiger partial charge in [0.2, 0.25) is 5.13 Å². The van der Waals surface area contributed by atoms with E-state index in [1.54, 1.807) is 38.7 Å². The molecule has 2 aromatic heterocycles. The lowest BCUT2D eigenvalue weighted by atomic mass is 10.1. The third-order valence-corrected chi connectivity index (χ3v) is 5.78. The summed E-state index contributed by atoms with van der Waals surface area (Å²) in [6, 6.07) is 8.87. The lowest BCUT2D eigenvalue weighted by Crippen LogP contribution is -2.13. The molecule has 0 saturated carbocycles. The van der Waals surface area contributed by atoms with Crippen molar-refractivity contribution in [1.29, 1.82) is 0 Å². The second-order valence-electron chi connectivity index (χ2n) is 5.50. The highest BCUT2D eigenvalue weighted by Crippen LogP contribution is 2.33. The minimum absolute atomic E-state index is 0.0127. The van der Waals surface area contributed by atoms with E-state index in [4.69, 9.17) is 13.9 Å². The number of rotatable bonds is 9. The molecule has 1 unspecified atom stereocenters. The molecule has 3 rings (SSSR count). The Hall–Kier alpha value is -2.52. The Kier molecular flexibility index (Phi) is 6.36. The zero-order valence-corrected chi connectivity index (χ0v) is 16.7. The van der Waals surface area contributed by atoms with Gasteiger partial charge in [-0.1, -0.05) is 23.1 Å². The number of carbonyl (C=O) groups is 1. The fourth-order valence-corrected chi connectivity index (χ4v) is 4.30. The van der Waals surface area contributed by atoms with Gasteiger partial charge in [-0.2, -0.15) is 0 Å². The van der Waals surface area contributed by atoms with Crippen molar-refractivity contribution in [3.05, 3.63) is 47.9 Å². The van der Waals surface area contributed by atoms with E-state index in [9.17, 15) is 4.79 Å². The van der Waals surface area contributed by atoms with Gasteiger partial charge < -0.3 is 19.2 Å². The number of ketones is 1. The predicted molar refractivity (Wildman–Crippen MR) is 105 cm³/mol. The first-order chi connectivity index (χ1) is 13.1. The number of ether oxygens (including phenoxy) is 2. The molecule has 0 amide bonds. The van der Waals surface area contributed by atoms with Gasteiger partial charge in [-0.3, -0.25) is 4.79 Å². The highest BCUT2D eigenvalue weighted by Gasteiger charge is 2.20. The number of aromatic nitrogens is 2. The predicted octanol–water partition coefficient (Wildman–Crippen LogP) is 4.12. The molecular weight excluding hydrogens is 386 g/mol. The number of hydrogen-bond donors (Lipinski definition) is 1. The fourth-order valence-electron chi connectivity index (χ4n) is 2.33. The second kappa shape index (κ2) is 8.92. The number of hydrogen-bond acceptors (Lipinski definition) is 9. The molecule has 0 aliphatic rings. The summed E-state index contributed by atoms with van der Waals surface area (Å²) < 4.78 is 16.5. The first kappa shape index (κ1) is 19.2. The van der Waals surface area contributed by atoms with Crippen molar-refractivity contribution >= 4 is 34.0 Å². The maximum absolute atomic E-state index is 12.7. The van der Waals surface area contributed by atoms with Crippen LogP contribution in [0.4, 0.5) is 5.13 Å².